The second-order valence-electron chi connectivity index (χ2n) is 5.78. The van der Waals surface area contributed by atoms with Crippen LogP contribution in [0.2, 0.25) is 0 Å². The van der Waals surface area contributed by atoms with Crippen LogP contribution < -0.4 is 10.6 Å². The number of hydrogen-bond acceptors (Lipinski definition) is 7. The molecular weight excluding hydrogens is 391 g/mol. The van der Waals surface area contributed by atoms with Crippen molar-refractivity contribution >= 4 is 28.6 Å². The first-order valence-electron chi connectivity index (χ1n) is 8.27. The van der Waals surface area contributed by atoms with Crippen LogP contribution in [0.25, 0.3) is 17.0 Å². The summed E-state index contributed by atoms with van der Waals surface area (Å²) < 4.78 is 40.5. The first kappa shape index (κ1) is 18.2. The third kappa shape index (κ3) is 3.74. The summed E-state index contributed by atoms with van der Waals surface area (Å²) in [5, 5.41) is 22.4. The molecule has 0 bridgehead atoms. The molecule has 4 aromatic heterocycles. The smallest absolute Gasteiger partial charge is 0.368 e. The van der Waals surface area contributed by atoms with E-state index in [0.29, 0.717) is 23.8 Å². The van der Waals surface area contributed by atoms with E-state index >= 15 is 0 Å². The van der Waals surface area contributed by atoms with Crippen molar-refractivity contribution in [1.82, 2.24) is 24.8 Å². The fourth-order valence-electron chi connectivity index (χ4n) is 2.60. The molecule has 0 unspecified atom stereocenters. The number of anilines is 2. The zero-order valence-corrected chi connectivity index (χ0v) is 15.1. The lowest BCUT2D eigenvalue weighted by Crippen LogP contribution is -2.18. The highest BCUT2D eigenvalue weighted by atomic mass is 32.1. The Bertz CT molecular complexity index is 1080. The van der Waals surface area contributed by atoms with Gasteiger partial charge in [-0.05, 0) is 35.7 Å². The lowest BCUT2D eigenvalue weighted by atomic mass is 10.2. The molecule has 0 aliphatic carbocycles. The molecule has 0 amide bonds. The maximum Gasteiger partial charge on any atom is 0.419 e. The first-order valence-corrected chi connectivity index (χ1v) is 9.21. The molecule has 28 heavy (non-hydrogen) atoms. The minimum absolute atomic E-state index is 0.196. The Morgan fingerprint density at radius 3 is 2.68 bits per heavy atom. The van der Waals surface area contributed by atoms with Gasteiger partial charge in [0.25, 0.3) is 0 Å². The molecular formula is C17H14F3N7S. The van der Waals surface area contributed by atoms with Crippen LogP contribution in [-0.4, -0.2) is 37.9 Å². The molecule has 0 saturated carbocycles. The molecule has 0 radical (unpaired) electrons. The van der Waals surface area contributed by atoms with E-state index in [-0.39, 0.29) is 12.4 Å². The summed E-state index contributed by atoms with van der Waals surface area (Å²) in [4.78, 5) is 3.77. The topological polar surface area (TPSA) is 80.0 Å². The maximum atomic E-state index is 13.0. The predicted molar refractivity (Wildman–Crippen MR) is 100 cm³/mol. The lowest BCUT2D eigenvalue weighted by molar-refractivity contribution is -0.137. The van der Waals surface area contributed by atoms with Gasteiger partial charge in [0.15, 0.2) is 11.5 Å². The van der Waals surface area contributed by atoms with Gasteiger partial charge in [0.05, 0.1) is 5.56 Å². The summed E-state index contributed by atoms with van der Waals surface area (Å²) >= 11 is 1.55. The third-order valence-corrected chi connectivity index (χ3v) is 4.56. The first-order chi connectivity index (χ1) is 13.5. The molecule has 0 aromatic carbocycles. The Morgan fingerprint density at radius 1 is 1.04 bits per heavy atom. The second-order valence-corrected chi connectivity index (χ2v) is 6.56. The number of pyridine rings is 1. The van der Waals surface area contributed by atoms with Crippen LogP contribution in [0.3, 0.4) is 0 Å². The van der Waals surface area contributed by atoms with Gasteiger partial charge in [-0.25, -0.2) is 4.98 Å². The summed E-state index contributed by atoms with van der Waals surface area (Å²) in [7, 11) is 0. The van der Waals surface area contributed by atoms with Crippen LogP contribution in [0, 0.1) is 0 Å². The van der Waals surface area contributed by atoms with Gasteiger partial charge >= 0.3 is 6.18 Å². The molecule has 0 spiro atoms. The Balaban J connectivity index is 1.42. The van der Waals surface area contributed by atoms with E-state index in [1.165, 1.54) is 12.3 Å². The monoisotopic (exact) mass is 405 g/mol. The van der Waals surface area contributed by atoms with Crippen LogP contribution in [-0.2, 0) is 6.18 Å². The fraction of sp³-hybridized carbons (Fsp3) is 0.176. The summed E-state index contributed by atoms with van der Waals surface area (Å²) in [6.07, 6.45) is -3.14. The van der Waals surface area contributed by atoms with Crippen LogP contribution in [0.4, 0.5) is 24.8 Å². The highest BCUT2D eigenvalue weighted by Crippen LogP contribution is 2.33. The maximum absolute atomic E-state index is 13.0. The Hall–Kier alpha value is -3.21. The van der Waals surface area contributed by atoms with Gasteiger partial charge in [0, 0.05) is 30.2 Å². The van der Waals surface area contributed by atoms with Crippen LogP contribution in [0.5, 0.6) is 0 Å². The number of rotatable bonds is 6. The molecule has 0 fully saturated rings. The van der Waals surface area contributed by atoms with Gasteiger partial charge in [-0.2, -0.15) is 29.0 Å². The van der Waals surface area contributed by atoms with Crippen LogP contribution in [0.15, 0.2) is 47.3 Å². The standard InChI is InChI=1S/C17H14F3N7S/c18-17(19,20)12-2-1-6-22-15(12)23-8-7-21-13-3-4-14-24-25-16(27(14)26-13)11-5-9-28-10-11/h1-6,9-10H,7-8H2,(H,21,26)(H,22,23). The van der Waals surface area contributed by atoms with Crippen LogP contribution in [0.1, 0.15) is 5.56 Å². The molecule has 4 rings (SSSR count). The van der Waals surface area contributed by atoms with Crippen molar-refractivity contribution in [2.24, 2.45) is 0 Å². The zero-order valence-electron chi connectivity index (χ0n) is 14.3. The predicted octanol–water partition coefficient (Wildman–Crippen LogP) is 3.79. The van der Waals surface area contributed by atoms with Crippen molar-refractivity contribution in [2.45, 2.75) is 6.18 Å². The molecule has 4 aromatic rings. The number of hydrogen-bond donors (Lipinski definition) is 2. The molecule has 7 nitrogen and oxygen atoms in total. The molecule has 0 atom stereocenters. The minimum Gasteiger partial charge on any atom is -0.368 e. The van der Waals surface area contributed by atoms with E-state index < -0.39 is 11.7 Å². The minimum atomic E-state index is -4.46. The third-order valence-electron chi connectivity index (χ3n) is 3.88. The molecule has 0 saturated heterocycles. The molecule has 0 aliphatic rings. The van der Waals surface area contributed by atoms with Crippen molar-refractivity contribution in [2.75, 3.05) is 23.7 Å². The summed E-state index contributed by atoms with van der Waals surface area (Å²) in [6.45, 7) is 0.585. The summed E-state index contributed by atoms with van der Waals surface area (Å²) in [5.74, 6) is 0.989. The summed E-state index contributed by atoms with van der Waals surface area (Å²) in [6, 6.07) is 7.69. The van der Waals surface area contributed by atoms with Crippen molar-refractivity contribution < 1.29 is 13.2 Å². The molecule has 144 valence electrons. The summed E-state index contributed by atoms with van der Waals surface area (Å²) in [5.41, 5.74) is 0.728. The number of nitrogens with one attached hydrogen (secondary N) is 2. The molecule has 4 heterocycles. The Morgan fingerprint density at radius 2 is 1.89 bits per heavy atom. The zero-order chi connectivity index (χ0) is 19.6. The quantitative estimate of drug-likeness (QED) is 0.475. The average Bonchev–Trinajstić information content (AvgIpc) is 3.34. The van der Waals surface area contributed by atoms with E-state index in [0.717, 1.165) is 11.6 Å². The van der Waals surface area contributed by atoms with Gasteiger partial charge < -0.3 is 10.6 Å². The fourth-order valence-corrected chi connectivity index (χ4v) is 3.24. The molecule has 2 N–H and O–H groups in total. The van der Waals surface area contributed by atoms with Gasteiger partial charge in [-0.1, -0.05) is 0 Å². The SMILES string of the molecule is FC(F)(F)c1cccnc1NCCNc1ccc2nnc(-c3ccsc3)n2n1. The number of alkyl halides is 3. The van der Waals surface area contributed by atoms with E-state index in [4.69, 9.17) is 0 Å². The Labute approximate surface area is 161 Å². The van der Waals surface area contributed by atoms with E-state index in [9.17, 15) is 13.2 Å². The highest BCUT2D eigenvalue weighted by Gasteiger charge is 2.33. The average molecular weight is 405 g/mol. The van der Waals surface area contributed by atoms with Crippen molar-refractivity contribution in [3.05, 3.63) is 52.9 Å². The number of nitrogens with zero attached hydrogens (tertiary/aromatic N) is 5. The van der Waals surface area contributed by atoms with Gasteiger partial charge in [-0.15, -0.1) is 15.3 Å². The number of fused-ring (bicyclic) bond motifs is 1. The second kappa shape index (κ2) is 7.43. The Kier molecular flexibility index (Phi) is 4.82. The molecule has 0 aliphatic heterocycles. The number of aromatic nitrogens is 5. The number of thiophene rings is 1. The lowest BCUT2D eigenvalue weighted by Gasteiger charge is -2.13. The van der Waals surface area contributed by atoms with Crippen molar-refractivity contribution in [1.29, 1.82) is 0 Å². The van der Waals surface area contributed by atoms with Gasteiger partial charge in [0.1, 0.15) is 11.6 Å². The van der Waals surface area contributed by atoms with Crippen molar-refractivity contribution in [3.8, 4) is 11.4 Å². The number of halogens is 3. The van der Waals surface area contributed by atoms with Gasteiger partial charge in [-0.3, -0.25) is 0 Å². The van der Waals surface area contributed by atoms with Crippen LogP contribution >= 0.6 is 11.3 Å². The largest absolute Gasteiger partial charge is 0.419 e. The van der Waals surface area contributed by atoms with E-state index in [1.54, 1.807) is 28.0 Å². The van der Waals surface area contributed by atoms with E-state index in [2.05, 4.69) is 30.9 Å². The van der Waals surface area contributed by atoms with Gasteiger partial charge in [0.2, 0.25) is 0 Å². The highest BCUT2D eigenvalue weighted by molar-refractivity contribution is 7.08. The van der Waals surface area contributed by atoms with Crippen molar-refractivity contribution in [3.63, 3.8) is 0 Å². The van der Waals surface area contributed by atoms with E-state index in [1.807, 2.05) is 16.8 Å². The molecule has 11 heteroatoms. The normalized spacial score (nSPS) is 11.7.